The molecular formula is C16H17Cl2NO3S. The minimum atomic E-state index is -3.55. The molecule has 1 atom stereocenters. The van der Waals surface area contributed by atoms with Crippen LogP contribution in [0.4, 0.5) is 5.69 Å². The highest BCUT2D eigenvalue weighted by Gasteiger charge is 2.22. The van der Waals surface area contributed by atoms with Crippen LogP contribution in [0.1, 0.15) is 17.2 Å². The van der Waals surface area contributed by atoms with E-state index in [1.54, 1.807) is 18.2 Å². The van der Waals surface area contributed by atoms with Gasteiger partial charge in [-0.15, -0.1) is 11.6 Å². The minimum absolute atomic E-state index is 0.0125. The Bertz CT molecular complexity index is 766. The van der Waals surface area contributed by atoms with E-state index in [0.717, 1.165) is 11.8 Å². The Morgan fingerprint density at radius 3 is 2.39 bits per heavy atom. The maximum atomic E-state index is 12.2. The average molecular weight is 374 g/mol. The van der Waals surface area contributed by atoms with E-state index in [9.17, 15) is 13.5 Å². The second-order valence-electron chi connectivity index (χ2n) is 5.14. The third-order valence-corrected chi connectivity index (χ3v) is 5.08. The van der Waals surface area contributed by atoms with Crippen LogP contribution in [-0.4, -0.2) is 25.7 Å². The number of hydrogen-bond donors (Lipinski definition) is 1. The van der Waals surface area contributed by atoms with E-state index in [0.29, 0.717) is 11.3 Å². The van der Waals surface area contributed by atoms with Crippen LogP contribution in [0, 0.1) is 0 Å². The molecule has 0 saturated carbocycles. The Morgan fingerprint density at radius 1 is 1.17 bits per heavy atom. The smallest absolute Gasteiger partial charge is 0.232 e. The zero-order valence-corrected chi connectivity index (χ0v) is 14.8. The summed E-state index contributed by atoms with van der Waals surface area (Å²) >= 11 is 11.9. The van der Waals surface area contributed by atoms with Crippen molar-refractivity contribution in [3.8, 4) is 0 Å². The van der Waals surface area contributed by atoms with E-state index in [1.165, 1.54) is 4.31 Å². The molecule has 0 fully saturated rings. The normalized spacial score (nSPS) is 12.9. The molecule has 2 aromatic rings. The van der Waals surface area contributed by atoms with Crippen molar-refractivity contribution < 1.29 is 13.5 Å². The Kier molecular flexibility index (Phi) is 5.92. The van der Waals surface area contributed by atoms with Gasteiger partial charge in [-0.1, -0.05) is 48.0 Å². The SMILES string of the molecule is CS(=O)(=O)N(Cc1ccccc1)c1cc(C(O)CCl)ccc1Cl. The van der Waals surface area contributed by atoms with E-state index in [1.807, 2.05) is 30.3 Å². The molecule has 0 radical (unpaired) electrons. The Balaban J connectivity index is 2.48. The molecule has 0 aromatic heterocycles. The van der Waals surface area contributed by atoms with Crippen molar-refractivity contribution in [2.75, 3.05) is 16.4 Å². The van der Waals surface area contributed by atoms with Crippen LogP contribution in [-0.2, 0) is 16.6 Å². The maximum Gasteiger partial charge on any atom is 0.232 e. The molecule has 0 heterocycles. The van der Waals surface area contributed by atoms with Gasteiger partial charge in [0.2, 0.25) is 10.0 Å². The van der Waals surface area contributed by atoms with Gasteiger partial charge >= 0.3 is 0 Å². The summed E-state index contributed by atoms with van der Waals surface area (Å²) in [5, 5.41) is 10.2. The molecular weight excluding hydrogens is 357 g/mol. The van der Waals surface area contributed by atoms with Gasteiger partial charge in [-0.25, -0.2) is 8.42 Å². The summed E-state index contributed by atoms with van der Waals surface area (Å²) in [4.78, 5) is 0. The van der Waals surface area contributed by atoms with Crippen molar-refractivity contribution in [1.29, 1.82) is 0 Å². The van der Waals surface area contributed by atoms with Crippen molar-refractivity contribution in [2.24, 2.45) is 0 Å². The summed E-state index contributed by atoms with van der Waals surface area (Å²) in [6.07, 6.45) is 0.238. The van der Waals surface area contributed by atoms with Gasteiger partial charge in [-0.2, -0.15) is 0 Å². The van der Waals surface area contributed by atoms with E-state index in [4.69, 9.17) is 23.2 Å². The van der Waals surface area contributed by atoms with Crippen LogP contribution in [0.5, 0.6) is 0 Å². The maximum absolute atomic E-state index is 12.2. The molecule has 7 heteroatoms. The minimum Gasteiger partial charge on any atom is -0.387 e. The van der Waals surface area contributed by atoms with E-state index >= 15 is 0 Å². The monoisotopic (exact) mass is 373 g/mol. The first-order valence-corrected chi connectivity index (χ1v) is 9.64. The summed E-state index contributed by atoms with van der Waals surface area (Å²) in [5.74, 6) is 0.0125. The van der Waals surface area contributed by atoms with Crippen molar-refractivity contribution in [1.82, 2.24) is 0 Å². The largest absolute Gasteiger partial charge is 0.387 e. The van der Waals surface area contributed by atoms with E-state index < -0.39 is 16.1 Å². The Hall–Kier alpha value is -1.27. The number of sulfonamides is 1. The number of nitrogens with zero attached hydrogens (tertiary/aromatic N) is 1. The molecule has 1 unspecified atom stereocenters. The van der Waals surface area contributed by atoms with Crippen molar-refractivity contribution in [3.05, 3.63) is 64.7 Å². The number of halogens is 2. The standard InChI is InChI=1S/C16H17Cl2NO3S/c1-23(21,22)19(11-12-5-3-2-4-6-12)15-9-13(16(20)10-17)7-8-14(15)18/h2-9,16,20H,10-11H2,1H3. The van der Waals surface area contributed by atoms with Crippen molar-refractivity contribution >= 4 is 38.9 Å². The third kappa shape index (κ3) is 4.61. The topological polar surface area (TPSA) is 57.6 Å². The van der Waals surface area contributed by atoms with E-state index in [-0.39, 0.29) is 17.4 Å². The van der Waals surface area contributed by atoms with Gasteiger partial charge < -0.3 is 5.11 Å². The summed E-state index contributed by atoms with van der Waals surface area (Å²) in [5.41, 5.74) is 1.66. The van der Waals surface area contributed by atoms with Gasteiger partial charge in [0.25, 0.3) is 0 Å². The van der Waals surface area contributed by atoms with Gasteiger partial charge in [-0.05, 0) is 23.3 Å². The van der Waals surface area contributed by atoms with E-state index in [2.05, 4.69) is 0 Å². The number of hydrogen-bond acceptors (Lipinski definition) is 3. The molecule has 0 spiro atoms. The van der Waals surface area contributed by atoms with Gasteiger partial charge in [-0.3, -0.25) is 4.31 Å². The molecule has 4 nitrogen and oxygen atoms in total. The molecule has 1 N–H and O–H groups in total. The predicted molar refractivity (Wildman–Crippen MR) is 94.6 cm³/mol. The van der Waals surface area contributed by atoms with Crippen LogP contribution in [0.15, 0.2) is 48.5 Å². The fourth-order valence-corrected chi connectivity index (χ4v) is 3.49. The van der Waals surface area contributed by atoms with Gasteiger partial charge in [0.1, 0.15) is 0 Å². The second-order valence-corrected chi connectivity index (χ2v) is 7.76. The molecule has 0 bridgehead atoms. The number of aliphatic hydroxyl groups is 1. The quantitative estimate of drug-likeness (QED) is 0.787. The summed E-state index contributed by atoms with van der Waals surface area (Å²) in [6, 6.07) is 14.0. The molecule has 124 valence electrons. The van der Waals surface area contributed by atoms with Gasteiger partial charge in [0.05, 0.1) is 35.5 Å². The molecule has 0 aliphatic heterocycles. The first-order chi connectivity index (χ1) is 10.8. The zero-order valence-electron chi connectivity index (χ0n) is 12.5. The predicted octanol–water partition coefficient (Wildman–Crippen LogP) is 3.58. The summed E-state index contributed by atoms with van der Waals surface area (Å²) in [7, 11) is -3.55. The molecule has 2 aromatic carbocycles. The number of benzene rings is 2. The first-order valence-electron chi connectivity index (χ1n) is 6.88. The zero-order chi connectivity index (χ0) is 17.0. The highest BCUT2D eigenvalue weighted by atomic mass is 35.5. The summed E-state index contributed by atoms with van der Waals surface area (Å²) < 4.78 is 25.7. The van der Waals surface area contributed by atoms with Crippen LogP contribution < -0.4 is 4.31 Å². The first kappa shape index (κ1) is 18.1. The average Bonchev–Trinajstić information content (AvgIpc) is 2.52. The Labute approximate surface area is 146 Å². The number of rotatable bonds is 6. The molecule has 0 saturated heterocycles. The molecule has 0 aliphatic rings. The van der Waals surface area contributed by atoms with Crippen molar-refractivity contribution in [2.45, 2.75) is 12.6 Å². The number of anilines is 1. The molecule has 2 rings (SSSR count). The van der Waals surface area contributed by atoms with Crippen molar-refractivity contribution in [3.63, 3.8) is 0 Å². The van der Waals surface area contributed by atoms with Crippen LogP contribution in [0.2, 0.25) is 5.02 Å². The number of aliphatic hydroxyl groups excluding tert-OH is 1. The van der Waals surface area contributed by atoms with Crippen LogP contribution in [0.25, 0.3) is 0 Å². The lowest BCUT2D eigenvalue weighted by molar-refractivity contribution is 0.202. The lowest BCUT2D eigenvalue weighted by Gasteiger charge is -2.24. The third-order valence-electron chi connectivity index (χ3n) is 3.34. The van der Waals surface area contributed by atoms with Crippen LogP contribution >= 0.6 is 23.2 Å². The lowest BCUT2D eigenvalue weighted by atomic mass is 10.1. The van der Waals surface area contributed by atoms with Gasteiger partial charge in [0.15, 0.2) is 0 Å². The van der Waals surface area contributed by atoms with Crippen LogP contribution in [0.3, 0.4) is 0 Å². The number of alkyl halides is 1. The fourth-order valence-electron chi connectivity index (χ4n) is 2.15. The summed E-state index contributed by atoms with van der Waals surface area (Å²) in [6.45, 7) is 0.153. The second kappa shape index (κ2) is 7.53. The molecule has 0 amide bonds. The molecule has 23 heavy (non-hydrogen) atoms. The molecule has 0 aliphatic carbocycles. The highest BCUT2D eigenvalue weighted by molar-refractivity contribution is 7.92. The lowest BCUT2D eigenvalue weighted by Crippen LogP contribution is -2.29. The Morgan fingerprint density at radius 2 is 1.83 bits per heavy atom. The fraction of sp³-hybridized carbons (Fsp3) is 0.250. The highest BCUT2D eigenvalue weighted by Crippen LogP contribution is 2.32. The van der Waals surface area contributed by atoms with Gasteiger partial charge in [0, 0.05) is 0 Å².